The van der Waals surface area contributed by atoms with Crippen molar-refractivity contribution in [2.75, 3.05) is 44.7 Å². The van der Waals surface area contributed by atoms with E-state index in [-0.39, 0.29) is 18.0 Å². The van der Waals surface area contributed by atoms with Crippen molar-refractivity contribution in [2.45, 2.75) is 13.3 Å². The molecule has 0 bridgehead atoms. The minimum Gasteiger partial charge on any atom is -0.502 e. The van der Waals surface area contributed by atoms with Crippen LogP contribution in [-0.2, 0) is 19.1 Å². The zero-order valence-corrected chi connectivity index (χ0v) is 15.2. The first-order valence-electron chi connectivity index (χ1n) is 8.95. The molecular weight excluding hydrogens is 350 g/mol. The molecule has 1 aromatic carbocycles. The Morgan fingerprint density at radius 1 is 1.11 bits per heavy atom. The van der Waals surface area contributed by atoms with E-state index in [1.807, 2.05) is 0 Å². The third kappa shape index (κ3) is 4.35. The fraction of sp³-hybridized carbons (Fsp3) is 0.421. The van der Waals surface area contributed by atoms with Gasteiger partial charge in [-0.1, -0.05) is 12.1 Å². The molecule has 27 heavy (non-hydrogen) atoms. The second kappa shape index (κ2) is 8.32. The first kappa shape index (κ1) is 19.1. The monoisotopic (exact) mass is 373 g/mol. The molecule has 0 saturated carbocycles. The van der Waals surface area contributed by atoms with Gasteiger partial charge in [-0.25, -0.2) is 0 Å². The van der Waals surface area contributed by atoms with Crippen molar-refractivity contribution in [3.63, 3.8) is 0 Å². The molecule has 0 spiro atoms. The zero-order valence-electron chi connectivity index (χ0n) is 15.2. The van der Waals surface area contributed by atoms with E-state index in [4.69, 9.17) is 4.74 Å². The van der Waals surface area contributed by atoms with Crippen LogP contribution < -0.4 is 5.32 Å². The van der Waals surface area contributed by atoms with Crippen LogP contribution in [0.4, 0.5) is 5.69 Å². The van der Waals surface area contributed by atoms with Gasteiger partial charge in [0.2, 0.25) is 5.91 Å². The predicted molar refractivity (Wildman–Crippen MR) is 98.9 cm³/mol. The fourth-order valence-corrected chi connectivity index (χ4v) is 3.23. The summed E-state index contributed by atoms with van der Waals surface area (Å²) >= 11 is 0. The van der Waals surface area contributed by atoms with E-state index in [2.05, 4.69) is 10.2 Å². The average Bonchev–Trinajstić information content (AvgIpc) is 2.86. The quantitative estimate of drug-likeness (QED) is 0.722. The molecule has 8 nitrogen and oxygen atoms in total. The standard InChI is InChI=1S/C19H23N3O5/c1-13(23)20-15-5-3-14(4-6-15)16-17(24)19(26)22(18(16)25)8-2-7-21-9-11-27-12-10-21/h3-6,24H,2,7-12H2,1H3,(H,20,23). The molecule has 144 valence electrons. The van der Waals surface area contributed by atoms with Gasteiger partial charge in [0.15, 0.2) is 5.76 Å². The molecule has 0 atom stereocenters. The van der Waals surface area contributed by atoms with Crippen LogP contribution in [0.1, 0.15) is 18.9 Å². The van der Waals surface area contributed by atoms with E-state index in [1.165, 1.54) is 6.92 Å². The minimum atomic E-state index is -0.664. The number of imide groups is 1. The minimum absolute atomic E-state index is 0.000692. The van der Waals surface area contributed by atoms with Crippen LogP contribution in [0.2, 0.25) is 0 Å². The molecule has 0 aromatic heterocycles. The number of carbonyl (C=O) groups is 3. The Kier molecular flexibility index (Phi) is 5.88. The zero-order chi connectivity index (χ0) is 19.4. The number of hydrogen-bond acceptors (Lipinski definition) is 6. The maximum Gasteiger partial charge on any atom is 0.296 e. The number of aliphatic hydroxyl groups excluding tert-OH is 1. The number of amides is 3. The van der Waals surface area contributed by atoms with Crippen molar-refractivity contribution in [1.29, 1.82) is 0 Å². The van der Waals surface area contributed by atoms with Gasteiger partial charge in [0.25, 0.3) is 11.8 Å². The first-order chi connectivity index (χ1) is 13.0. The lowest BCUT2D eigenvalue weighted by atomic mass is 10.1. The highest BCUT2D eigenvalue weighted by atomic mass is 16.5. The summed E-state index contributed by atoms with van der Waals surface area (Å²) in [5.41, 5.74) is 1.02. The summed E-state index contributed by atoms with van der Waals surface area (Å²) in [5.74, 6) is -1.89. The Hall–Kier alpha value is -2.71. The topological polar surface area (TPSA) is 99.2 Å². The molecule has 2 N–H and O–H groups in total. The van der Waals surface area contributed by atoms with Gasteiger partial charge in [0, 0.05) is 38.8 Å². The highest BCUT2D eigenvalue weighted by Crippen LogP contribution is 2.29. The van der Waals surface area contributed by atoms with E-state index in [0.717, 1.165) is 24.5 Å². The number of anilines is 1. The van der Waals surface area contributed by atoms with Gasteiger partial charge < -0.3 is 15.2 Å². The molecule has 0 unspecified atom stereocenters. The summed E-state index contributed by atoms with van der Waals surface area (Å²) in [6, 6.07) is 6.43. The van der Waals surface area contributed by atoms with Crippen LogP contribution in [0.15, 0.2) is 30.0 Å². The van der Waals surface area contributed by atoms with Gasteiger partial charge in [-0.2, -0.15) is 0 Å². The maximum atomic E-state index is 12.7. The molecule has 3 amide bonds. The van der Waals surface area contributed by atoms with E-state index >= 15 is 0 Å². The Bertz CT molecular complexity index is 766. The normalized spacial score (nSPS) is 18.3. The first-order valence-corrected chi connectivity index (χ1v) is 8.95. The summed E-state index contributed by atoms with van der Waals surface area (Å²) in [6.45, 7) is 5.50. The summed E-state index contributed by atoms with van der Waals surface area (Å²) in [5, 5.41) is 12.8. The van der Waals surface area contributed by atoms with Gasteiger partial charge >= 0.3 is 0 Å². The predicted octanol–water partition coefficient (Wildman–Crippen LogP) is 1.01. The molecule has 0 aliphatic carbocycles. The highest BCUT2D eigenvalue weighted by molar-refractivity contribution is 6.34. The van der Waals surface area contributed by atoms with Crippen LogP contribution in [-0.4, -0.2) is 72.0 Å². The number of hydrogen-bond donors (Lipinski definition) is 2. The van der Waals surface area contributed by atoms with Crippen molar-refractivity contribution in [3.05, 3.63) is 35.6 Å². The van der Waals surface area contributed by atoms with E-state index in [9.17, 15) is 19.5 Å². The van der Waals surface area contributed by atoms with Crippen LogP contribution in [0, 0.1) is 0 Å². The number of nitrogens with one attached hydrogen (secondary N) is 1. The lowest BCUT2D eigenvalue weighted by Crippen LogP contribution is -2.39. The number of rotatable bonds is 6. The lowest BCUT2D eigenvalue weighted by Gasteiger charge is -2.27. The Labute approximate surface area is 157 Å². The molecule has 2 heterocycles. The summed E-state index contributed by atoms with van der Waals surface area (Å²) in [7, 11) is 0. The van der Waals surface area contributed by atoms with Gasteiger partial charge in [0.1, 0.15) is 0 Å². The molecule has 1 aromatic rings. The molecular formula is C19H23N3O5. The number of aliphatic hydroxyl groups is 1. The fourth-order valence-electron chi connectivity index (χ4n) is 3.23. The number of nitrogens with zero attached hydrogens (tertiary/aromatic N) is 2. The molecule has 1 saturated heterocycles. The Morgan fingerprint density at radius 3 is 2.41 bits per heavy atom. The van der Waals surface area contributed by atoms with Gasteiger partial charge in [-0.3, -0.25) is 24.2 Å². The summed E-state index contributed by atoms with van der Waals surface area (Å²) in [4.78, 5) is 39.4. The summed E-state index contributed by atoms with van der Waals surface area (Å²) in [6.07, 6.45) is 0.638. The van der Waals surface area contributed by atoms with E-state index in [1.54, 1.807) is 24.3 Å². The molecule has 8 heteroatoms. The highest BCUT2D eigenvalue weighted by Gasteiger charge is 2.38. The molecule has 3 rings (SSSR count). The van der Waals surface area contributed by atoms with Crippen molar-refractivity contribution in [1.82, 2.24) is 9.80 Å². The van der Waals surface area contributed by atoms with Crippen LogP contribution >= 0.6 is 0 Å². The Balaban J connectivity index is 1.63. The number of carbonyl (C=O) groups excluding carboxylic acids is 3. The van der Waals surface area contributed by atoms with Gasteiger partial charge in [0.05, 0.1) is 18.8 Å². The number of benzene rings is 1. The molecule has 0 radical (unpaired) electrons. The smallest absolute Gasteiger partial charge is 0.296 e. The third-order valence-corrected chi connectivity index (χ3v) is 4.60. The maximum absolute atomic E-state index is 12.7. The van der Waals surface area contributed by atoms with Crippen molar-refractivity contribution in [3.8, 4) is 0 Å². The van der Waals surface area contributed by atoms with Crippen LogP contribution in [0.5, 0.6) is 0 Å². The molecule has 2 aliphatic heterocycles. The van der Waals surface area contributed by atoms with Crippen molar-refractivity contribution < 1.29 is 24.2 Å². The molecule has 2 aliphatic rings. The van der Waals surface area contributed by atoms with E-state index < -0.39 is 17.6 Å². The number of morpholine rings is 1. The third-order valence-electron chi connectivity index (χ3n) is 4.60. The van der Waals surface area contributed by atoms with Gasteiger partial charge in [-0.05, 0) is 24.1 Å². The average molecular weight is 373 g/mol. The second-order valence-corrected chi connectivity index (χ2v) is 6.55. The van der Waals surface area contributed by atoms with Crippen molar-refractivity contribution >= 4 is 29.0 Å². The van der Waals surface area contributed by atoms with E-state index in [0.29, 0.717) is 30.9 Å². The lowest BCUT2D eigenvalue weighted by molar-refractivity contribution is -0.138. The second-order valence-electron chi connectivity index (χ2n) is 6.55. The SMILES string of the molecule is CC(=O)Nc1ccc(C2=C(O)C(=O)N(CCCN3CCOCC3)C2=O)cc1. The summed E-state index contributed by atoms with van der Waals surface area (Å²) < 4.78 is 5.30. The molecule has 1 fully saturated rings. The van der Waals surface area contributed by atoms with Crippen LogP contribution in [0.25, 0.3) is 5.57 Å². The Morgan fingerprint density at radius 2 is 1.78 bits per heavy atom. The van der Waals surface area contributed by atoms with Gasteiger partial charge in [-0.15, -0.1) is 0 Å². The largest absolute Gasteiger partial charge is 0.502 e. The van der Waals surface area contributed by atoms with Crippen molar-refractivity contribution in [2.24, 2.45) is 0 Å². The number of ether oxygens (including phenoxy) is 1. The van der Waals surface area contributed by atoms with Crippen LogP contribution in [0.3, 0.4) is 0 Å².